The van der Waals surface area contributed by atoms with Crippen molar-refractivity contribution in [1.82, 2.24) is 15.6 Å². The van der Waals surface area contributed by atoms with Gasteiger partial charge in [-0.2, -0.15) is 10.2 Å². The van der Waals surface area contributed by atoms with Crippen molar-refractivity contribution in [2.24, 2.45) is 11.0 Å². The zero-order valence-corrected chi connectivity index (χ0v) is 19.1. The maximum Gasteiger partial charge on any atom is 0.289 e. The first-order valence-electron chi connectivity index (χ1n) is 11.2. The Kier molecular flexibility index (Phi) is 6.35. The number of nitrogens with one attached hydrogen (secondary N) is 2. The van der Waals surface area contributed by atoms with E-state index in [0.29, 0.717) is 17.5 Å². The van der Waals surface area contributed by atoms with Gasteiger partial charge in [-0.25, -0.2) is 5.43 Å². The van der Waals surface area contributed by atoms with Crippen molar-refractivity contribution in [3.8, 4) is 11.3 Å². The lowest BCUT2D eigenvalue weighted by Crippen LogP contribution is -2.19. The molecule has 1 aromatic heterocycles. The molecule has 1 amide bonds. The van der Waals surface area contributed by atoms with Crippen molar-refractivity contribution >= 4 is 17.7 Å². The van der Waals surface area contributed by atoms with E-state index in [1.807, 2.05) is 25.1 Å². The lowest BCUT2D eigenvalue weighted by Gasteiger charge is -2.18. The molecule has 2 aromatic carbocycles. The molecule has 0 spiro atoms. The Morgan fingerprint density at radius 1 is 1.19 bits per heavy atom. The summed E-state index contributed by atoms with van der Waals surface area (Å²) in [5.41, 5.74) is 10.4. The average Bonchev–Trinajstić information content (AvgIpc) is 3.28. The molecule has 3 aromatic rings. The molecule has 1 aliphatic rings. The van der Waals surface area contributed by atoms with Gasteiger partial charge in [-0.3, -0.25) is 9.89 Å². The number of hydrogen-bond acceptors (Lipinski definition) is 3. The Balaban J connectivity index is 1.43. The summed E-state index contributed by atoms with van der Waals surface area (Å²) in [7, 11) is 0. The lowest BCUT2D eigenvalue weighted by molar-refractivity contribution is 0.0950. The van der Waals surface area contributed by atoms with Crippen LogP contribution in [0.2, 0.25) is 0 Å². The highest BCUT2D eigenvalue weighted by atomic mass is 16.2. The third kappa shape index (κ3) is 4.88. The van der Waals surface area contributed by atoms with Crippen molar-refractivity contribution in [3.05, 3.63) is 82.6 Å². The first kappa shape index (κ1) is 21.8. The van der Waals surface area contributed by atoms with E-state index in [1.54, 1.807) is 6.07 Å². The van der Waals surface area contributed by atoms with E-state index in [2.05, 4.69) is 77.9 Å². The predicted octanol–water partition coefficient (Wildman–Crippen LogP) is 5.95. The van der Waals surface area contributed by atoms with Crippen LogP contribution in [0.15, 0.2) is 59.7 Å². The van der Waals surface area contributed by atoms with E-state index in [1.165, 1.54) is 16.7 Å². The first-order valence-corrected chi connectivity index (χ1v) is 11.2. The number of benzene rings is 2. The summed E-state index contributed by atoms with van der Waals surface area (Å²) in [6.07, 6.45) is 6.48. The summed E-state index contributed by atoms with van der Waals surface area (Å²) in [5, 5.41) is 11.4. The third-order valence-corrected chi connectivity index (χ3v) is 5.86. The number of aromatic nitrogens is 2. The fourth-order valence-electron chi connectivity index (χ4n) is 4.03. The molecule has 32 heavy (non-hydrogen) atoms. The molecule has 0 bridgehead atoms. The Labute approximate surface area is 189 Å². The van der Waals surface area contributed by atoms with Gasteiger partial charge in [0.1, 0.15) is 5.69 Å². The number of rotatable bonds is 6. The molecule has 0 aliphatic heterocycles. The van der Waals surface area contributed by atoms with Crippen LogP contribution in [0.5, 0.6) is 0 Å². The van der Waals surface area contributed by atoms with Gasteiger partial charge < -0.3 is 0 Å². The number of H-pyrrole nitrogens is 1. The van der Waals surface area contributed by atoms with E-state index < -0.39 is 0 Å². The number of fused-ring (bicyclic) bond motifs is 1. The van der Waals surface area contributed by atoms with Crippen LogP contribution in [0.25, 0.3) is 17.3 Å². The van der Waals surface area contributed by atoms with Crippen LogP contribution in [0.3, 0.4) is 0 Å². The van der Waals surface area contributed by atoms with Crippen molar-refractivity contribution in [2.75, 3.05) is 0 Å². The van der Waals surface area contributed by atoms with E-state index >= 15 is 0 Å². The van der Waals surface area contributed by atoms with Crippen LogP contribution >= 0.6 is 0 Å². The Hall–Kier alpha value is -3.47. The van der Waals surface area contributed by atoms with Crippen LogP contribution in [-0.4, -0.2) is 21.8 Å². The highest BCUT2D eigenvalue weighted by molar-refractivity contribution is 6.01. The second kappa shape index (κ2) is 9.35. The predicted molar refractivity (Wildman–Crippen MR) is 131 cm³/mol. The van der Waals surface area contributed by atoms with E-state index in [9.17, 15) is 4.79 Å². The molecule has 5 nitrogen and oxygen atoms in total. The molecule has 5 heteroatoms. The van der Waals surface area contributed by atoms with Crippen molar-refractivity contribution < 1.29 is 4.79 Å². The van der Waals surface area contributed by atoms with Crippen molar-refractivity contribution in [3.63, 3.8) is 0 Å². The SMILES string of the molecule is C/C(=N\NC(=O)c1cc(-c2ccc(CC(C)C)cc2)n[nH]1)c1ccc2c(c1)C(C)CC=C2. The van der Waals surface area contributed by atoms with Crippen molar-refractivity contribution in [1.29, 1.82) is 0 Å². The standard InChI is InChI=1S/C27H30N4O/c1-17(2)14-20-8-10-22(11-9-20)25-16-26(30-29-25)27(32)31-28-19(4)23-13-12-21-7-5-6-18(3)24(21)15-23/h5,7-13,15-18H,6,14H2,1-4H3,(H,29,30)(H,31,32)/b28-19+. The summed E-state index contributed by atoms with van der Waals surface area (Å²) in [4.78, 5) is 12.6. The number of hydrazone groups is 1. The largest absolute Gasteiger partial charge is 0.289 e. The summed E-state index contributed by atoms with van der Waals surface area (Å²) in [6.45, 7) is 8.55. The monoisotopic (exact) mass is 426 g/mol. The average molecular weight is 427 g/mol. The minimum atomic E-state index is -0.311. The molecule has 1 aliphatic carbocycles. The Morgan fingerprint density at radius 3 is 2.72 bits per heavy atom. The minimum absolute atomic E-state index is 0.311. The van der Waals surface area contributed by atoms with Gasteiger partial charge in [0, 0.05) is 5.56 Å². The van der Waals surface area contributed by atoms with Gasteiger partial charge in [0.25, 0.3) is 5.91 Å². The number of carbonyl (C=O) groups excluding carboxylic acids is 1. The molecule has 1 heterocycles. The van der Waals surface area contributed by atoms with Crippen LogP contribution < -0.4 is 5.43 Å². The fourth-order valence-corrected chi connectivity index (χ4v) is 4.03. The Bertz CT molecular complexity index is 1170. The molecule has 0 saturated carbocycles. The van der Waals surface area contributed by atoms with Crippen LogP contribution in [0.4, 0.5) is 0 Å². The van der Waals surface area contributed by atoms with E-state index in [4.69, 9.17) is 0 Å². The molecule has 164 valence electrons. The number of carbonyl (C=O) groups is 1. The smallest absolute Gasteiger partial charge is 0.272 e. The highest BCUT2D eigenvalue weighted by Gasteiger charge is 2.14. The second-order valence-electron chi connectivity index (χ2n) is 8.98. The minimum Gasteiger partial charge on any atom is -0.272 e. The molecule has 1 atom stereocenters. The molecule has 2 N–H and O–H groups in total. The van der Waals surface area contributed by atoms with Gasteiger partial charge in [-0.05, 0) is 66.0 Å². The van der Waals surface area contributed by atoms with Crippen LogP contribution in [0, 0.1) is 5.92 Å². The van der Waals surface area contributed by atoms with Gasteiger partial charge in [-0.15, -0.1) is 0 Å². The zero-order chi connectivity index (χ0) is 22.7. The number of allylic oxidation sites excluding steroid dienone is 1. The molecule has 0 fully saturated rings. The summed E-state index contributed by atoms with van der Waals surface area (Å²) < 4.78 is 0. The fraction of sp³-hybridized carbons (Fsp3) is 0.296. The summed E-state index contributed by atoms with van der Waals surface area (Å²) in [6, 6.07) is 16.4. The number of aromatic amines is 1. The van der Waals surface area contributed by atoms with Crippen molar-refractivity contribution in [2.45, 2.75) is 46.5 Å². The Morgan fingerprint density at radius 2 is 1.97 bits per heavy atom. The number of nitrogens with zero attached hydrogens (tertiary/aromatic N) is 2. The maximum absolute atomic E-state index is 12.6. The summed E-state index contributed by atoms with van der Waals surface area (Å²) in [5.74, 6) is 0.793. The highest BCUT2D eigenvalue weighted by Crippen LogP contribution is 2.30. The van der Waals surface area contributed by atoms with Gasteiger partial charge in [0.2, 0.25) is 0 Å². The normalized spacial score (nSPS) is 15.7. The molecule has 0 saturated heterocycles. The molecular formula is C27H30N4O. The van der Waals surface area contributed by atoms with Crippen LogP contribution in [0.1, 0.15) is 72.8 Å². The molecule has 0 radical (unpaired) electrons. The van der Waals surface area contributed by atoms with Gasteiger partial charge >= 0.3 is 0 Å². The van der Waals surface area contributed by atoms with Gasteiger partial charge in [0.15, 0.2) is 0 Å². The van der Waals surface area contributed by atoms with Gasteiger partial charge in [0.05, 0.1) is 11.4 Å². The number of hydrogen-bond donors (Lipinski definition) is 2. The van der Waals surface area contributed by atoms with Gasteiger partial charge in [-0.1, -0.05) is 69.3 Å². The zero-order valence-electron chi connectivity index (χ0n) is 19.1. The molecular weight excluding hydrogens is 396 g/mol. The maximum atomic E-state index is 12.6. The van der Waals surface area contributed by atoms with E-state index in [-0.39, 0.29) is 5.91 Å². The second-order valence-corrected chi connectivity index (χ2v) is 8.98. The third-order valence-electron chi connectivity index (χ3n) is 5.86. The van der Waals surface area contributed by atoms with Crippen LogP contribution in [-0.2, 0) is 6.42 Å². The molecule has 4 rings (SSSR count). The first-order chi connectivity index (χ1) is 15.4. The molecule has 1 unspecified atom stereocenters. The number of amides is 1. The lowest BCUT2D eigenvalue weighted by atomic mass is 9.87. The summed E-state index contributed by atoms with van der Waals surface area (Å²) >= 11 is 0. The van der Waals surface area contributed by atoms with E-state index in [0.717, 1.165) is 35.4 Å². The topological polar surface area (TPSA) is 70.1 Å². The quantitative estimate of drug-likeness (QED) is 0.378.